The van der Waals surface area contributed by atoms with Gasteiger partial charge in [-0.1, -0.05) is 42.5 Å². The summed E-state index contributed by atoms with van der Waals surface area (Å²) in [6, 6.07) is 17.5. The lowest BCUT2D eigenvalue weighted by Gasteiger charge is -2.34. The molecule has 0 N–H and O–H groups in total. The standard InChI is InChI=1S/C22H22N2/c1-6-14-24(15-7-1)22-18-10-4-5-11-20(18)23-21-17-9-3-2-8-16(17)12-13-19(21)22/h2-5,8-11H,1,6-7,12-15H2. The van der Waals surface area contributed by atoms with Crippen molar-refractivity contribution in [1.29, 1.82) is 0 Å². The average Bonchev–Trinajstić information content (AvgIpc) is 2.67. The molecule has 1 aromatic heterocycles. The Morgan fingerprint density at radius 1 is 0.792 bits per heavy atom. The van der Waals surface area contributed by atoms with E-state index in [1.54, 1.807) is 0 Å². The van der Waals surface area contributed by atoms with E-state index in [4.69, 9.17) is 4.98 Å². The van der Waals surface area contributed by atoms with Gasteiger partial charge in [0.1, 0.15) is 0 Å². The molecule has 0 amide bonds. The number of anilines is 1. The van der Waals surface area contributed by atoms with Crippen LogP contribution < -0.4 is 4.90 Å². The minimum atomic E-state index is 1.11. The fourth-order valence-corrected chi connectivity index (χ4v) is 4.40. The Morgan fingerprint density at radius 2 is 1.58 bits per heavy atom. The highest BCUT2D eigenvalue weighted by Crippen LogP contribution is 2.41. The highest BCUT2D eigenvalue weighted by molar-refractivity contribution is 5.97. The smallest absolute Gasteiger partial charge is 0.0765 e. The van der Waals surface area contributed by atoms with Crippen LogP contribution in [0.1, 0.15) is 30.4 Å². The third-order valence-electron chi connectivity index (χ3n) is 5.55. The molecular weight excluding hydrogens is 292 g/mol. The van der Waals surface area contributed by atoms with Crippen molar-refractivity contribution in [2.75, 3.05) is 18.0 Å². The molecule has 2 heteroatoms. The molecule has 0 unspecified atom stereocenters. The lowest BCUT2D eigenvalue weighted by Crippen LogP contribution is -2.31. The molecule has 0 radical (unpaired) electrons. The van der Waals surface area contributed by atoms with Crippen LogP contribution in [-0.2, 0) is 12.8 Å². The summed E-state index contributed by atoms with van der Waals surface area (Å²) in [5.74, 6) is 0. The molecule has 0 atom stereocenters. The number of benzene rings is 2. The van der Waals surface area contributed by atoms with Crippen LogP contribution >= 0.6 is 0 Å². The maximum absolute atomic E-state index is 5.09. The molecule has 2 aromatic carbocycles. The minimum absolute atomic E-state index is 1.11. The fraction of sp³-hybridized carbons (Fsp3) is 0.318. The van der Waals surface area contributed by atoms with Gasteiger partial charge in [0.15, 0.2) is 0 Å². The molecule has 24 heavy (non-hydrogen) atoms. The van der Waals surface area contributed by atoms with Crippen molar-refractivity contribution in [3.8, 4) is 11.3 Å². The van der Waals surface area contributed by atoms with Crippen LogP contribution in [-0.4, -0.2) is 18.1 Å². The first-order chi connectivity index (χ1) is 11.9. The van der Waals surface area contributed by atoms with Crippen LogP contribution in [0.15, 0.2) is 48.5 Å². The predicted molar refractivity (Wildman–Crippen MR) is 101 cm³/mol. The van der Waals surface area contributed by atoms with E-state index in [-0.39, 0.29) is 0 Å². The van der Waals surface area contributed by atoms with Crippen LogP contribution in [0, 0.1) is 0 Å². The molecule has 1 saturated heterocycles. The third-order valence-corrected chi connectivity index (χ3v) is 5.55. The Balaban J connectivity index is 1.81. The zero-order chi connectivity index (χ0) is 15.9. The van der Waals surface area contributed by atoms with Gasteiger partial charge in [-0.3, -0.25) is 0 Å². The summed E-state index contributed by atoms with van der Waals surface area (Å²) in [5, 5.41) is 1.33. The Morgan fingerprint density at radius 3 is 2.50 bits per heavy atom. The van der Waals surface area contributed by atoms with Crippen molar-refractivity contribution < 1.29 is 0 Å². The Hall–Kier alpha value is -2.35. The fourth-order valence-electron chi connectivity index (χ4n) is 4.40. The highest BCUT2D eigenvalue weighted by atomic mass is 15.1. The molecule has 2 heterocycles. The number of rotatable bonds is 1. The van der Waals surface area contributed by atoms with Gasteiger partial charge in [-0.05, 0) is 43.7 Å². The zero-order valence-electron chi connectivity index (χ0n) is 14.0. The number of aromatic nitrogens is 1. The first kappa shape index (κ1) is 14.0. The van der Waals surface area contributed by atoms with Crippen molar-refractivity contribution in [2.24, 2.45) is 0 Å². The van der Waals surface area contributed by atoms with Gasteiger partial charge >= 0.3 is 0 Å². The monoisotopic (exact) mass is 314 g/mol. The summed E-state index contributed by atoms with van der Waals surface area (Å²) < 4.78 is 0. The lowest BCUT2D eigenvalue weighted by molar-refractivity contribution is 0.577. The van der Waals surface area contributed by atoms with Gasteiger partial charge in [0, 0.05) is 29.6 Å². The normalized spacial score (nSPS) is 16.8. The van der Waals surface area contributed by atoms with E-state index in [0.717, 1.165) is 18.4 Å². The Bertz CT molecular complexity index is 907. The van der Waals surface area contributed by atoms with Crippen LogP contribution in [0.5, 0.6) is 0 Å². The van der Waals surface area contributed by atoms with E-state index in [1.165, 1.54) is 65.8 Å². The second kappa shape index (κ2) is 5.62. The summed E-state index contributed by atoms with van der Waals surface area (Å²) in [7, 11) is 0. The SMILES string of the molecule is c1ccc2c(c1)CCc1c-2nc2ccccc2c1N1CCCCC1. The largest absolute Gasteiger partial charge is 0.371 e. The molecule has 0 spiro atoms. The molecule has 2 nitrogen and oxygen atoms in total. The third kappa shape index (κ3) is 2.13. The second-order valence-corrected chi connectivity index (χ2v) is 7.01. The van der Waals surface area contributed by atoms with E-state index in [0.29, 0.717) is 0 Å². The molecule has 3 aromatic rings. The summed E-state index contributed by atoms with van der Waals surface area (Å²) in [5.41, 5.74) is 8.06. The van der Waals surface area contributed by atoms with Gasteiger partial charge < -0.3 is 4.90 Å². The van der Waals surface area contributed by atoms with Gasteiger partial charge in [0.25, 0.3) is 0 Å². The molecule has 5 rings (SSSR count). The number of pyridine rings is 1. The van der Waals surface area contributed by atoms with Crippen LogP contribution in [0.3, 0.4) is 0 Å². The summed E-state index contributed by atoms with van der Waals surface area (Å²) >= 11 is 0. The Kier molecular flexibility index (Phi) is 3.29. The number of hydrogen-bond acceptors (Lipinski definition) is 2. The highest BCUT2D eigenvalue weighted by Gasteiger charge is 2.25. The number of para-hydroxylation sites is 1. The molecule has 1 fully saturated rings. The molecule has 1 aliphatic heterocycles. The molecule has 120 valence electrons. The maximum Gasteiger partial charge on any atom is 0.0765 e. The van der Waals surface area contributed by atoms with E-state index < -0.39 is 0 Å². The van der Waals surface area contributed by atoms with E-state index >= 15 is 0 Å². The minimum Gasteiger partial charge on any atom is -0.371 e. The topological polar surface area (TPSA) is 16.1 Å². The van der Waals surface area contributed by atoms with Gasteiger partial charge in [-0.2, -0.15) is 0 Å². The van der Waals surface area contributed by atoms with Crippen LogP contribution in [0.2, 0.25) is 0 Å². The number of hydrogen-bond donors (Lipinski definition) is 0. The Labute approximate surface area is 143 Å². The average molecular weight is 314 g/mol. The van der Waals surface area contributed by atoms with E-state index in [9.17, 15) is 0 Å². The molecule has 0 saturated carbocycles. The first-order valence-corrected chi connectivity index (χ1v) is 9.17. The molecule has 2 aliphatic rings. The predicted octanol–water partition coefficient (Wildman–Crippen LogP) is 4.99. The van der Waals surface area contributed by atoms with E-state index in [2.05, 4.69) is 53.4 Å². The van der Waals surface area contributed by atoms with Crippen molar-refractivity contribution in [3.05, 3.63) is 59.7 Å². The summed E-state index contributed by atoms with van der Waals surface area (Å²) in [6.07, 6.45) is 6.22. The molecular formula is C22H22N2. The van der Waals surface area contributed by atoms with Crippen LogP contribution in [0.25, 0.3) is 22.2 Å². The van der Waals surface area contributed by atoms with Crippen molar-refractivity contribution in [1.82, 2.24) is 4.98 Å². The zero-order valence-corrected chi connectivity index (χ0v) is 14.0. The number of piperidine rings is 1. The summed E-state index contributed by atoms with van der Waals surface area (Å²) in [4.78, 5) is 7.71. The quantitative estimate of drug-likeness (QED) is 0.629. The number of aryl methyl sites for hydroxylation is 1. The van der Waals surface area contributed by atoms with Crippen molar-refractivity contribution >= 4 is 16.6 Å². The van der Waals surface area contributed by atoms with Crippen LogP contribution in [0.4, 0.5) is 5.69 Å². The number of nitrogens with zero attached hydrogens (tertiary/aromatic N) is 2. The van der Waals surface area contributed by atoms with Crippen molar-refractivity contribution in [2.45, 2.75) is 32.1 Å². The van der Waals surface area contributed by atoms with Gasteiger partial charge in [-0.25, -0.2) is 4.98 Å². The van der Waals surface area contributed by atoms with Gasteiger partial charge in [-0.15, -0.1) is 0 Å². The van der Waals surface area contributed by atoms with Crippen molar-refractivity contribution in [3.63, 3.8) is 0 Å². The van der Waals surface area contributed by atoms with Gasteiger partial charge in [0.2, 0.25) is 0 Å². The molecule has 1 aliphatic carbocycles. The summed E-state index contributed by atoms with van der Waals surface area (Å²) in [6.45, 7) is 2.37. The first-order valence-electron chi connectivity index (χ1n) is 9.17. The molecule has 0 bridgehead atoms. The van der Waals surface area contributed by atoms with Gasteiger partial charge in [0.05, 0.1) is 16.9 Å². The maximum atomic E-state index is 5.09. The lowest BCUT2D eigenvalue weighted by atomic mass is 9.86. The second-order valence-electron chi connectivity index (χ2n) is 7.01. The van der Waals surface area contributed by atoms with E-state index in [1.807, 2.05) is 0 Å². The number of fused-ring (bicyclic) bond motifs is 4.